The molecular weight excluding hydrogens is 324 g/mol. The number of carboxylic acid groups (broad SMARTS) is 1. The summed E-state index contributed by atoms with van der Waals surface area (Å²) in [4.78, 5) is 24.7. The first-order chi connectivity index (χ1) is 9.40. The van der Waals surface area contributed by atoms with Gasteiger partial charge in [-0.3, -0.25) is 9.59 Å². The van der Waals surface area contributed by atoms with Crippen LogP contribution >= 0.6 is 15.9 Å². The summed E-state index contributed by atoms with van der Waals surface area (Å²) < 4.78 is 0.795. The summed E-state index contributed by atoms with van der Waals surface area (Å²) in [6.07, 6.45) is 1.15. The van der Waals surface area contributed by atoms with E-state index in [4.69, 9.17) is 10.8 Å². The van der Waals surface area contributed by atoms with Gasteiger partial charge in [0.15, 0.2) is 0 Å². The lowest BCUT2D eigenvalue weighted by atomic mass is 9.91. The molecular formula is C14H17BrN2O3. The van der Waals surface area contributed by atoms with Crippen LogP contribution in [0.1, 0.15) is 30.1 Å². The third kappa shape index (κ3) is 2.95. The van der Waals surface area contributed by atoms with Crippen LogP contribution in [0.15, 0.2) is 22.7 Å². The number of hydrogen-bond acceptors (Lipinski definition) is 3. The highest BCUT2D eigenvalue weighted by atomic mass is 79.9. The maximum Gasteiger partial charge on any atom is 0.306 e. The minimum Gasteiger partial charge on any atom is -0.481 e. The van der Waals surface area contributed by atoms with E-state index in [9.17, 15) is 9.59 Å². The maximum atomic E-state index is 11.6. The quantitative estimate of drug-likeness (QED) is 0.883. The number of nitrogens with zero attached hydrogens (tertiary/aromatic N) is 1. The topological polar surface area (TPSA) is 83.6 Å². The average Bonchev–Trinajstić information content (AvgIpc) is 2.38. The highest BCUT2D eigenvalue weighted by Crippen LogP contribution is 2.31. The number of hydrogen-bond donors (Lipinski definition) is 2. The Bertz CT molecular complexity index is 547. The van der Waals surface area contributed by atoms with Gasteiger partial charge in [-0.1, -0.05) is 15.9 Å². The summed E-state index contributed by atoms with van der Waals surface area (Å²) >= 11 is 3.33. The van der Waals surface area contributed by atoms with Gasteiger partial charge in [-0.2, -0.15) is 0 Å². The molecule has 0 bridgehead atoms. The molecule has 1 aromatic carbocycles. The Morgan fingerprint density at radius 2 is 2.15 bits per heavy atom. The van der Waals surface area contributed by atoms with Crippen molar-refractivity contribution in [1.82, 2.24) is 0 Å². The average molecular weight is 341 g/mol. The Balaban J connectivity index is 2.29. The first-order valence-corrected chi connectivity index (χ1v) is 7.28. The van der Waals surface area contributed by atoms with Crippen molar-refractivity contribution < 1.29 is 14.7 Å². The Labute approximate surface area is 125 Å². The number of primary amides is 1. The Morgan fingerprint density at radius 3 is 2.70 bits per heavy atom. The predicted octanol–water partition coefficient (Wildman–Crippen LogP) is 2.24. The van der Waals surface area contributed by atoms with Crippen molar-refractivity contribution in [3.05, 3.63) is 28.2 Å². The predicted molar refractivity (Wildman–Crippen MR) is 79.8 cm³/mol. The van der Waals surface area contributed by atoms with Gasteiger partial charge in [-0.15, -0.1) is 0 Å². The number of rotatable bonds is 3. The van der Waals surface area contributed by atoms with Gasteiger partial charge in [-0.25, -0.2) is 0 Å². The summed E-state index contributed by atoms with van der Waals surface area (Å²) in [5, 5.41) is 9.09. The number of anilines is 1. The molecule has 5 nitrogen and oxygen atoms in total. The van der Waals surface area contributed by atoms with Gasteiger partial charge in [0.2, 0.25) is 0 Å². The number of amides is 1. The molecule has 0 radical (unpaired) electrons. The summed E-state index contributed by atoms with van der Waals surface area (Å²) in [7, 11) is 0. The van der Waals surface area contributed by atoms with E-state index in [0.717, 1.165) is 10.2 Å². The monoisotopic (exact) mass is 340 g/mol. The van der Waals surface area contributed by atoms with Crippen LogP contribution in [0.2, 0.25) is 0 Å². The first-order valence-electron chi connectivity index (χ1n) is 6.49. The number of piperidine rings is 1. The molecule has 1 heterocycles. The number of benzene rings is 1. The summed E-state index contributed by atoms with van der Waals surface area (Å²) in [5.74, 6) is -1.54. The van der Waals surface area contributed by atoms with Gasteiger partial charge in [0.05, 0.1) is 11.5 Å². The van der Waals surface area contributed by atoms with E-state index >= 15 is 0 Å². The molecule has 20 heavy (non-hydrogen) atoms. The standard InChI is InChI=1S/C14H17BrN2O3/c1-8-6-9(14(19)20)4-5-17(8)12-3-2-10(15)7-11(12)13(16)18/h2-3,7-9H,4-6H2,1H3,(H2,16,18)(H,19,20). The molecule has 1 aliphatic heterocycles. The number of carbonyl (C=O) groups excluding carboxylic acids is 1. The fourth-order valence-corrected chi connectivity index (χ4v) is 3.07. The van der Waals surface area contributed by atoms with E-state index in [-0.39, 0.29) is 12.0 Å². The van der Waals surface area contributed by atoms with Crippen LogP contribution in [-0.4, -0.2) is 29.6 Å². The molecule has 1 amide bonds. The fraction of sp³-hybridized carbons (Fsp3) is 0.429. The second-order valence-corrected chi connectivity index (χ2v) is 6.04. The molecule has 6 heteroatoms. The van der Waals surface area contributed by atoms with Crippen LogP contribution in [0.3, 0.4) is 0 Å². The van der Waals surface area contributed by atoms with E-state index in [1.165, 1.54) is 0 Å². The third-order valence-corrected chi connectivity index (χ3v) is 4.25. The third-order valence-electron chi connectivity index (χ3n) is 3.76. The van der Waals surface area contributed by atoms with Crippen molar-refractivity contribution in [3.8, 4) is 0 Å². The highest BCUT2D eigenvalue weighted by molar-refractivity contribution is 9.10. The molecule has 2 atom stereocenters. The van der Waals surface area contributed by atoms with Crippen LogP contribution in [0.25, 0.3) is 0 Å². The summed E-state index contributed by atoms with van der Waals surface area (Å²) in [6, 6.07) is 5.47. The molecule has 108 valence electrons. The van der Waals surface area contributed by atoms with Gasteiger partial charge in [0.1, 0.15) is 0 Å². The zero-order valence-electron chi connectivity index (χ0n) is 11.2. The SMILES string of the molecule is CC1CC(C(=O)O)CCN1c1ccc(Br)cc1C(N)=O. The van der Waals surface area contributed by atoms with E-state index < -0.39 is 11.9 Å². The van der Waals surface area contributed by atoms with E-state index in [0.29, 0.717) is 24.9 Å². The Kier molecular flexibility index (Phi) is 4.32. The molecule has 1 aliphatic rings. The lowest BCUT2D eigenvalue weighted by molar-refractivity contribution is -0.142. The van der Waals surface area contributed by atoms with Gasteiger partial charge in [0, 0.05) is 22.7 Å². The van der Waals surface area contributed by atoms with Crippen molar-refractivity contribution in [2.24, 2.45) is 11.7 Å². The molecule has 1 aromatic rings. The van der Waals surface area contributed by atoms with Crippen molar-refractivity contribution in [1.29, 1.82) is 0 Å². The van der Waals surface area contributed by atoms with Crippen molar-refractivity contribution >= 4 is 33.5 Å². The molecule has 1 saturated heterocycles. The Morgan fingerprint density at radius 1 is 1.45 bits per heavy atom. The van der Waals surface area contributed by atoms with E-state index in [2.05, 4.69) is 20.8 Å². The van der Waals surface area contributed by atoms with E-state index in [1.807, 2.05) is 19.1 Å². The number of carboxylic acids is 1. The molecule has 2 unspecified atom stereocenters. The largest absolute Gasteiger partial charge is 0.481 e. The maximum absolute atomic E-state index is 11.6. The number of carbonyl (C=O) groups is 2. The second kappa shape index (κ2) is 5.83. The molecule has 2 rings (SSSR count). The van der Waals surface area contributed by atoms with Crippen LogP contribution < -0.4 is 10.6 Å². The number of halogens is 1. The molecule has 0 aromatic heterocycles. The molecule has 0 aliphatic carbocycles. The molecule has 3 N–H and O–H groups in total. The smallest absolute Gasteiger partial charge is 0.306 e. The second-order valence-electron chi connectivity index (χ2n) is 5.13. The van der Waals surface area contributed by atoms with Crippen LogP contribution in [0, 0.1) is 5.92 Å². The molecule has 0 saturated carbocycles. The molecule has 0 spiro atoms. The van der Waals surface area contributed by atoms with Crippen molar-refractivity contribution in [2.75, 3.05) is 11.4 Å². The van der Waals surface area contributed by atoms with Crippen LogP contribution in [0.5, 0.6) is 0 Å². The van der Waals surface area contributed by atoms with Gasteiger partial charge in [-0.05, 0) is 38.0 Å². The van der Waals surface area contributed by atoms with E-state index in [1.54, 1.807) is 6.07 Å². The highest BCUT2D eigenvalue weighted by Gasteiger charge is 2.31. The normalized spacial score (nSPS) is 22.6. The lowest BCUT2D eigenvalue weighted by Gasteiger charge is -2.38. The van der Waals surface area contributed by atoms with Crippen molar-refractivity contribution in [2.45, 2.75) is 25.8 Å². The lowest BCUT2D eigenvalue weighted by Crippen LogP contribution is -2.43. The minimum atomic E-state index is -0.748. The minimum absolute atomic E-state index is 0.0594. The zero-order valence-corrected chi connectivity index (χ0v) is 12.8. The van der Waals surface area contributed by atoms with Crippen molar-refractivity contribution in [3.63, 3.8) is 0 Å². The van der Waals surface area contributed by atoms with Gasteiger partial charge in [0.25, 0.3) is 5.91 Å². The van der Waals surface area contributed by atoms with Crippen LogP contribution in [0.4, 0.5) is 5.69 Å². The summed E-state index contributed by atoms with van der Waals surface area (Å²) in [5.41, 5.74) is 6.66. The zero-order chi connectivity index (χ0) is 14.9. The van der Waals surface area contributed by atoms with Gasteiger partial charge < -0.3 is 15.7 Å². The summed E-state index contributed by atoms with van der Waals surface area (Å²) in [6.45, 7) is 2.59. The number of nitrogens with two attached hydrogens (primary N) is 1. The van der Waals surface area contributed by atoms with Crippen LogP contribution in [-0.2, 0) is 4.79 Å². The fourth-order valence-electron chi connectivity index (χ4n) is 2.71. The molecule has 1 fully saturated rings. The Hall–Kier alpha value is -1.56. The first kappa shape index (κ1) is 14.8. The van der Waals surface area contributed by atoms with Gasteiger partial charge >= 0.3 is 5.97 Å². The number of aliphatic carboxylic acids is 1.